The Balaban J connectivity index is 1.94. The first-order chi connectivity index (χ1) is 9.79. The summed E-state index contributed by atoms with van der Waals surface area (Å²) in [5.41, 5.74) is 0. The monoisotopic (exact) mass is 276 g/mol. The highest BCUT2D eigenvalue weighted by molar-refractivity contribution is 5.48. The second-order valence-electron chi connectivity index (χ2n) is 5.87. The van der Waals surface area contributed by atoms with Crippen molar-refractivity contribution in [3.8, 4) is 0 Å². The van der Waals surface area contributed by atoms with E-state index < -0.39 is 0 Å². The van der Waals surface area contributed by atoms with Crippen LogP contribution in [0.1, 0.15) is 58.3 Å². The van der Waals surface area contributed by atoms with Crippen LogP contribution >= 0.6 is 0 Å². The highest BCUT2D eigenvalue weighted by Crippen LogP contribution is 2.21. The van der Waals surface area contributed by atoms with E-state index >= 15 is 0 Å². The molecule has 1 aromatic heterocycles. The molecule has 0 bridgehead atoms. The molecular formula is C16H28N4. The largest absolute Gasteiger partial charge is 0.367 e. The summed E-state index contributed by atoms with van der Waals surface area (Å²) in [4.78, 5) is 11.0. The SMILES string of the molecule is CCCCN(C)c1cc(NC2CCCCCC2)ncn1. The predicted molar refractivity (Wildman–Crippen MR) is 85.3 cm³/mol. The lowest BCUT2D eigenvalue weighted by Gasteiger charge is -2.20. The summed E-state index contributed by atoms with van der Waals surface area (Å²) in [6.07, 6.45) is 12.1. The molecule has 112 valence electrons. The maximum absolute atomic E-state index is 4.38. The molecule has 0 unspecified atom stereocenters. The van der Waals surface area contributed by atoms with E-state index in [1.807, 2.05) is 0 Å². The van der Waals surface area contributed by atoms with Gasteiger partial charge in [-0.1, -0.05) is 39.0 Å². The van der Waals surface area contributed by atoms with E-state index in [4.69, 9.17) is 0 Å². The summed E-state index contributed by atoms with van der Waals surface area (Å²) in [5.74, 6) is 2.00. The van der Waals surface area contributed by atoms with Gasteiger partial charge in [-0.05, 0) is 19.3 Å². The van der Waals surface area contributed by atoms with Crippen LogP contribution in [0, 0.1) is 0 Å². The van der Waals surface area contributed by atoms with Gasteiger partial charge in [-0.15, -0.1) is 0 Å². The Bertz CT molecular complexity index is 386. The fraction of sp³-hybridized carbons (Fsp3) is 0.750. The Morgan fingerprint density at radius 3 is 2.65 bits per heavy atom. The summed E-state index contributed by atoms with van der Waals surface area (Å²) in [6.45, 7) is 3.27. The van der Waals surface area contributed by atoms with Gasteiger partial charge in [-0.25, -0.2) is 9.97 Å². The molecule has 0 atom stereocenters. The van der Waals surface area contributed by atoms with Crippen molar-refractivity contribution in [2.75, 3.05) is 23.8 Å². The van der Waals surface area contributed by atoms with Crippen LogP contribution in [0.15, 0.2) is 12.4 Å². The maximum atomic E-state index is 4.38. The van der Waals surface area contributed by atoms with Gasteiger partial charge in [0, 0.05) is 25.7 Å². The van der Waals surface area contributed by atoms with Crippen LogP contribution in [0.25, 0.3) is 0 Å². The second kappa shape index (κ2) is 8.08. The van der Waals surface area contributed by atoms with E-state index in [2.05, 4.69) is 40.2 Å². The van der Waals surface area contributed by atoms with Crippen molar-refractivity contribution in [2.45, 2.75) is 64.3 Å². The van der Waals surface area contributed by atoms with Gasteiger partial charge in [0.15, 0.2) is 0 Å². The Labute approximate surface area is 123 Å². The fourth-order valence-electron chi connectivity index (χ4n) is 2.78. The van der Waals surface area contributed by atoms with Crippen molar-refractivity contribution < 1.29 is 0 Å². The molecular weight excluding hydrogens is 248 g/mol. The molecule has 0 amide bonds. The zero-order valence-corrected chi connectivity index (χ0v) is 12.9. The molecule has 1 fully saturated rings. The molecule has 1 heterocycles. The Morgan fingerprint density at radius 1 is 1.20 bits per heavy atom. The zero-order valence-electron chi connectivity index (χ0n) is 12.9. The summed E-state index contributed by atoms with van der Waals surface area (Å²) in [6, 6.07) is 2.67. The van der Waals surface area contributed by atoms with Crippen LogP contribution < -0.4 is 10.2 Å². The van der Waals surface area contributed by atoms with E-state index in [1.165, 1.54) is 51.4 Å². The summed E-state index contributed by atoms with van der Waals surface area (Å²) >= 11 is 0. The molecule has 1 saturated carbocycles. The molecule has 4 heteroatoms. The van der Waals surface area contributed by atoms with Gasteiger partial charge in [0.05, 0.1) is 0 Å². The van der Waals surface area contributed by atoms with Crippen molar-refractivity contribution in [3.05, 3.63) is 12.4 Å². The highest BCUT2D eigenvalue weighted by Gasteiger charge is 2.13. The quantitative estimate of drug-likeness (QED) is 0.801. The van der Waals surface area contributed by atoms with E-state index in [0.29, 0.717) is 6.04 Å². The average Bonchev–Trinajstić information content (AvgIpc) is 2.73. The zero-order chi connectivity index (χ0) is 14.2. The molecule has 1 aliphatic carbocycles. The summed E-state index contributed by atoms with van der Waals surface area (Å²) in [7, 11) is 2.10. The van der Waals surface area contributed by atoms with Crippen molar-refractivity contribution >= 4 is 11.6 Å². The van der Waals surface area contributed by atoms with Gasteiger partial charge >= 0.3 is 0 Å². The fourth-order valence-corrected chi connectivity index (χ4v) is 2.78. The molecule has 0 aliphatic heterocycles. The van der Waals surface area contributed by atoms with Gasteiger partial charge in [0.25, 0.3) is 0 Å². The number of unbranched alkanes of at least 4 members (excludes halogenated alkanes) is 1. The molecule has 0 spiro atoms. The maximum Gasteiger partial charge on any atom is 0.133 e. The van der Waals surface area contributed by atoms with Crippen LogP contribution in [-0.4, -0.2) is 29.6 Å². The third-order valence-electron chi connectivity index (χ3n) is 4.10. The smallest absolute Gasteiger partial charge is 0.133 e. The number of nitrogens with zero attached hydrogens (tertiary/aromatic N) is 3. The molecule has 20 heavy (non-hydrogen) atoms. The van der Waals surface area contributed by atoms with Crippen LogP contribution in [0.4, 0.5) is 11.6 Å². The third-order valence-corrected chi connectivity index (χ3v) is 4.10. The van der Waals surface area contributed by atoms with Crippen LogP contribution in [0.3, 0.4) is 0 Å². The standard InChI is InChI=1S/C16H28N4/c1-3-4-11-20(2)16-12-15(17-13-18-16)19-14-9-7-5-6-8-10-14/h12-14H,3-11H2,1-2H3,(H,17,18,19). The summed E-state index contributed by atoms with van der Waals surface area (Å²) < 4.78 is 0. The van der Waals surface area contributed by atoms with Crippen LogP contribution in [0.5, 0.6) is 0 Å². The van der Waals surface area contributed by atoms with E-state index in [9.17, 15) is 0 Å². The molecule has 0 radical (unpaired) electrons. The highest BCUT2D eigenvalue weighted by atomic mass is 15.2. The van der Waals surface area contributed by atoms with E-state index in [-0.39, 0.29) is 0 Å². The van der Waals surface area contributed by atoms with Gasteiger partial charge in [-0.3, -0.25) is 0 Å². The van der Waals surface area contributed by atoms with Gasteiger partial charge in [-0.2, -0.15) is 0 Å². The number of hydrogen-bond acceptors (Lipinski definition) is 4. The van der Waals surface area contributed by atoms with Crippen molar-refractivity contribution in [2.24, 2.45) is 0 Å². The van der Waals surface area contributed by atoms with Gasteiger partial charge < -0.3 is 10.2 Å². The third kappa shape index (κ3) is 4.66. The molecule has 0 saturated heterocycles. The Kier molecular flexibility index (Phi) is 6.09. The summed E-state index contributed by atoms with van der Waals surface area (Å²) in [5, 5.41) is 3.59. The first kappa shape index (κ1) is 15.1. The lowest BCUT2D eigenvalue weighted by atomic mass is 10.1. The van der Waals surface area contributed by atoms with E-state index in [0.717, 1.165) is 18.2 Å². The molecule has 1 aliphatic rings. The lowest BCUT2D eigenvalue weighted by molar-refractivity contribution is 0.617. The van der Waals surface area contributed by atoms with Crippen LogP contribution in [-0.2, 0) is 0 Å². The molecule has 0 aromatic carbocycles. The van der Waals surface area contributed by atoms with Crippen molar-refractivity contribution in [1.29, 1.82) is 0 Å². The second-order valence-corrected chi connectivity index (χ2v) is 5.87. The van der Waals surface area contributed by atoms with Crippen molar-refractivity contribution in [1.82, 2.24) is 9.97 Å². The van der Waals surface area contributed by atoms with Crippen LogP contribution in [0.2, 0.25) is 0 Å². The lowest BCUT2D eigenvalue weighted by Crippen LogP contribution is -2.22. The first-order valence-electron chi connectivity index (χ1n) is 8.09. The molecule has 1 aromatic rings. The molecule has 4 nitrogen and oxygen atoms in total. The molecule has 1 N–H and O–H groups in total. The first-order valence-corrected chi connectivity index (χ1v) is 8.09. The van der Waals surface area contributed by atoms with Gasteiger partial charge in [0.2, 0.25) is 0 Å². The number of aromatic nitrogens is 2. The Morgan fingerprint density at radius 2 is 1.95 bits per heavy atom. The van der Waals surface area contributed by atoms with E-state index in [1.54, 1.807) is 6.33 Å². The number of anilines is 2. The average molecular weight is 276 g/mol. The normalized spacial score (nSPS) is 16.7. The minimum Gasteiger partial charge on any atom is -0.367 e. The minimum atomic E-state index is 0.584. The predicted octanol–water partition coefficient (Wildman–Crippen LogP) is 3.85. The molecule has 2 rings (SSSR count). The minimum absolute atomic E-state index is 0.584. The number of rotatable bonds is 6. The Hall–Kier alpha value is -1.32. The topological polar surface area (TPSA) is 41.0 Å². The number of nitrogens with one attached hydrogen (secondary N) is 1. The van der Waals surface area contributed by atoms with Crippen molar-refractivity contribution in [3.63, 3.8) is 0 Å². The number of hydrogen-bond donors (Lipinski definition) is 1. The van der Waals surface area contributed by atoms with Gasteiger partial charge in [0.1, 0.15) is 18.0 Å².